The maximum absolute atomic E-state index is 14.0. The molecule has 246 valence electrons. The van der Waals surface area contributed by atoms with Crippen molar-refractivity contribution in [1.82, 2.24) is 29.6 Å². The molecule has 0 aromatic carbocycles. The first kappa shape index (κ1) is 33.4. The smallest absolute Gasteiger partial charge is 0.410 e. The molecule has 13 heteroatoms. The minimum absolute atomic E-state index is 0.0269. The van der Waals surface area contributed by atoms with Crippen LogP contribution in [-0.4, -0.2) is 78.4 Å². The fourth-order valence-corrected chi connectivity index (χ4v) is 6.76. The number of aromatic nitrogens is 5. The molecule has 4 heterocycles. The molecule has 1 saturated carbocycles. The number of anilines is 2. The van der Waals surface area contributed by atoms with E-state index in [2.05, 4.69) is 24.0 Å². The third-order valence-electron chi connectivity index (χ3n) is 8.13. The van der Waals surface area contributed by atoms with E-state index < -0.39 is 11.7 Å². The Morgan fingerprint density at radius 1 is 1.11 bits per heavy atom. The number of nitrogens with zero attached hydrogens (tertiary/aromatic N) is 8. The van der Waals surface area contributed by atoms with E-state index in [1.54, 1.807) is 18.0 Å². The molecule has 5 rings (SSSR count). The molecule has 0 bridgehead atoms. The summed E-state index contributed by atoms with van der Waals surface area (Å²) in [6.07, 6.45) is 1.89. The fraction of sp³-hybridized carbons (Fsp3) is 0.545. The lowest BCUT2D eigenvalue weighted by molar-refractivity contribution is -0.116. The van der Waals surface area contributed by atoms with Crippen LogP contribution in [0.1, 0.15) is 95.4 Å². The summed E-state index contributed by atoms with van der Waals surface area (Å²) >= 11 is 1.47. The Hall–Kier alpha value is -4.00. The van der Waals surface area contributed by atoms with Crippen LogP contribution in [0.15, 0.2) is 29.4 Å². The van der Waals surface area contributed by atoms with Crippen LogP contribution < -0.4 is 9.80 Å². The predicted octanol–water partition coefficient (Wildman–Crippen LogP) is 5.90. The molecule has 0 spiro atoms. The summed E-state index contributed by atoms with van der Waals surface area (Å²) in [5.41, 5.74) is 1.84. The van der Waals surface area contributed by atoms with Crippen LogP contribution in [0.3, 0.4) is 0 Å². The molecule has 2 aliphatic rings. The number of thioether (sulfide) groups is 1. The molecule has 1 unspecified atom stereocenters. The van der Waals surface area contributed by atoms with Crippen LogP contribution in [-0.2, 0) is 22.6 Å². The van der Waals surface area contributed by atoms with E-state index in [4.69, 9.17) is 14.7 Å². The van der Waals surface area contributed by atoms with Gasteiger partial charge in [-0.2, -0.15) is 0 Å². The Morgan fingerprint density at radius 3 is 2.48 bits per heavy atom. The number of ether oxygens (including phenoxy) is 1. The van der Waals surface area contributed by atoms with Crippen molar-refractivity contribution >= 4 is 41.2 Å². The number of amides is 2. The van der Waals surface area contributed by atoms with Crippen molar-refractivity contribution in [3.8, 4) is 11.5 Å². The van der Waals surface area contributed by atoms with Crippen molar-refractivity contribution in [1.29, 1.82) is 0 Å². The van der Waals surface area contributed by atoms with Crippen LogP contribution in [0.25, 0.3) is 11.5 Å². The second kappa shape index (κ2) is 13.0. The van der Waals surface area contributed by atoms with Crippen molar-refractivity contribution in [2.75, 3.05) is 23.9 Å². The quantitative estimate of drug-likeness (QED) is 0.277. The highest BCUT2D eigenvalue weighted by atomic mass is 32.2. The number of carbonyl (C=O) groups is 3. The number of pyridine rings is 2. The van der Waals surface area contributed by atoms with Crippen molar-refractivity contribution in [2.24, 2.45) is 0 Å². The van der Waals surface area contributed by atoms with Crippen LogP contribution in [0, 0.1) is 0 Å². The Bertz CT molecular complexity index is 1650. The Kier molecular flexibility index (Phi) is 9.44. The molecular weight excluding hydrogens is 604 g/mol. The highest BCUT2D eigenvalue weighted by Crippen LogP contribution is 2.36. The van der Waals surface area contributed by atoms with Crippen LogP contribution in [0.2, 0.25) is 0 Å². The Balaban J connectivity index is 1.48. The van der Waals surface area contributed by atoms with E-state index in [1.165, 1.54) is 16.7 Å². The third-order valence-corrected chi connectivity index (χ3v) is 9.41. The maximum Gasteiger partial charge on any atom is 0.410 e. The fourth-order valence-electron chi connectivity index (χ4n) is 5.47. The topological polar surface area (TPSA) is 127 Å². The molecule has 1 aliphatic heterocycles. The molecule has 0 N–H and O–H groups in total. The second-order valence-corrected chi connectivity index (χ2v) is 14.7. The largest absolute Gasteiger partial charge is 0.444 e. The number of Topliss-reactive ketones (excluding diaryl/α,β-unsaturated/α-hetero) is 1. The van der Waals surface area contributed by atoms with Gasteiger partial charge >= 0.3 is 6.09 Å². The number of hydrogen-bond acceptors (Lipinski definition) is 10. The summed E-state index contributed by atoms with van der Waals surface area (Å²) in [5.74, 6) is 1.77. The lowest BCUT2D eigenvalue weighted by Crippen LogP contribution is -2.34. The first-order valence-electron chi connectivity index (χ1n) is 15.8. The van der Waals surface area contributed by atoms with Gasteiger partial charge in [0.1, 0.15) is 28.7 Å². The minimum atomic E-state index is -0.642. The average Bonchev–Trinajstić information content (AvgIpc) is 3.69. The Labute approximate surface area is 274 Å². The van der Waals surface area contributed by atoms with Crippen molar-refractivity contribution in [3.05, 3.63) is 41.1 Å². The van der Waals surface area contributed by atoms with Crippen molar-refractivity contribution < 1.29 is 19.1 Å². The Morgan fingerprint density at radius 2 is 1.85 bits per heavy atom. The first-order chi connectivity index (χ1) is 21.6. The van der Waals surface area contributed by atoms with Gasteiger partial charge in [0, 0.05) is 38.2 Å². The second-order valence-electron chi connectivity index (χ2n) is 13.5. The molecule has 2 amide bonds. The minimum Gasteiger partial charge on any atom is -0.444 e. The molecule has 46 heavy (non-hydrogen) atoms. The zero-order valence-electron chi connectivity index (χ0n) is 28.2. The summed E-state index contributed by atoms with van der Waals surface area (Å²) in [6.45, 7) is 14.1. The molecule has 1 fully saturated rings. The van der Waals surface area contributed by atoms with Crippen molar-refractivity contribution in [2.45, 2.75) is 109 Å². The van der Waals surface area contributed by atoms with Crippen LogP contribution in [0.5, 0.6) is 0 Å². The number of fused-ring (bicyclic) bond motifs is 1. The van der Waals surface area contributed by atoms with Gasteiger partial charge in [-0.15, -0.1) is 10.2 Å². The molecule has 0 saturated heterocycles. The number of carbonyl (C=O) groups excluding carboxylic acids is 3. The molecular formula is C33H44N8O4S. The molecule has 3 aromatic rings. The zero-order chi connectivity index (χ0) is 33.5. The number of ketones is 1. The maximum atomic E-state index is 14.0. The summed E-state index contributed by atoms with van der Waals surface area (Å²) in [4.78, 5) is 54.2. The van der Waals surface area contributed by atoms with E-state index in [-0.39, 0.29) is 42.1 Å². The van der Waals surface area contributed by atoms with Gasteiger partial charge in [-0.1, -0.05) is 17.8 Å². The molecule has 1 aliphatic carbocycles. The summed E-state index contributed by atoms with van der Waals surface area (Å²) in [5, 5.41) is 9.52. The van der Waals surface area contributed by atoms with Crippen LogP contribution in [0.4, 0.5) is 16.4 Å². The molecule has 12 nitrogen and oxygen atoms in total. The highest BCUT2D eigenvalue weighted by molar-refractivity contribution is 8.00. The normalized spacial score (nSPS) is 16.5. The van der Waals surface area contributed by atoms with E-state index in [0.29, 0.717) is 46.0 Å². The van der Waals surface area contributed by atoms with Gasteiger partial charge in [-0.3, -0.25) is 19.1 Å². The average molecular weight is 649 g/mol. The summed E-state index contributed by atoms with van der Waals surface area (Å²) < 4.78 is 7.58. The number of hydrogen-bond donors (Lipinski definition) is 0. The van der Waals surface area contributed by atoms with Gasteiger partial charge < -0.3 is 14.5 Å². The van der Waals surface area contributed by atoms with Crippen molar-refractivity contribution in [3.63, 3.8) is 0 Å². The highest BCUT2D eigenvalue weighted by Gasteiger charge is 2.35. The molecule has 0 radical (unpaired) electrons. The molecule has 1 atom stereocenters. The van der Waals surface area contributed by atoms with Gasteiger partial charge in [-0.25, -0.2) is 14.8 Å². The van der Waals surface area contributed by atoms with Crippen LogP contribution >= 0.6 is 11.8 Å². The summed E-state index contributed by atoms with van der Waals surface area (Å²) in [6, 6.07) is 7.50. The summed E-state index contributed by atoms with van der Waals surface area (Å²) in [7, 11) is 3.60. The third kappa shape index (κ3) is 6.89. The van der Waals surface area contributed by atoms with E-state index in [0.717, 1.165) is 18.4 Å². The first-order valence-corrected chi connectivity index (χ1v) is 16.7. The molecule has 3 aromatic heterocycles. The zero-order valence-corrected chi connectivity index (χ0v) is 29.0. The SMILES string of the molecule is CC(C)N(C)c1cc2c(c(CN(C)C(=O)OC(C)(C)C)n1)CN(c1cccc(-c3nnc(SC4CCCC4=O)n3C(C)C)n1)C2=O. The standard InChI is InChI=1S/C33H44N8O4S/c1-19(2)39(9)28-16-21-22(24(35-28)18-38(8)32(44)45-33(5,6)7)17-40(30(21)43)27-15-10-12-23(34-27)29-36-37-31(41(29)20(3)4)46-26-14-11-13-25(26)42/h10,12,15-16,19-20,26H,11,13-14,17-18H2,1-9H3. The monoisotopic (exact) mass is 648 g/mol. The van der Waals surface area contributed by atoms with Gasteiger partial charge in [0.2, 0.25) is 0 Å². The lowest BCUT2D eigenvalue weighted by atomic mass is 10.1. The van der Waals surface area contributed by atoms with Gasteiger partial charge in [-0.05, 0) is 79.5 Å². The predicted molar refractivity (Wildman–Crippen MR) is 178 cm³/mol. The number of rotatable bonds is 9. The lowest BCUT2D eigenvalue weighted by Gasteiger charge is -2.26. The van der Waals surface area contributed by atoms with E-state index >= 15 is 0 Å². The van der Waals surface area contributed by atoms with E-state index in [1.807, 2.05) is 69.3 Å². The van der Waals surface area contributed by atoms with E-state index in [9.17, 15) is 14.4 Å². The van der Waals surface area contributed by atoms with Gasteiger partial charge in [0.25, 0.3) is 5.91 Å². The van der Waals surface area contributed by atoms with Gasteiger partial charge in [0.05, 0.1) is 29.6 Å². The van der Waals surface area contributed by atoms with Gasteiger partial charge in [0.15, 0.2) is 11.0 Å².